The maximum absolute atomic E-state index is 12.4. The maximum atomic E-state index is 12.4. The minimum absolute atomic E-state index is 0.248. The van der Waals surface area contributed by atoms with Gasteiger partial charge in [-0.1, -0.05) is 18.6 Å². The zero-order valence-electron chi connectivity index (χ0n) is 15.2. The van der Waals surface area contributed by atoms with Crippen LogP contribution in [0.2, 0.25) is 0 Å². The summed E-state index contributed by atoms with van der Waals surface area (Å²) in [6, 6.07) is 8.65. The average molecular weight is 344 g/mol. The number of piperazine rings is 1. The van der Waals surface area contributed by atoms with Crippen molar-refractivity contribution in [2.24, 2.45) is 11.8 Å². The van der Waals surface area contributed by atoms with Crippen LogP contribution in [0.4, 0.5) is 5.69 Å². The van der Waals surface area contributed by atoms with Crippen molar-refractivity contribution in [3.8, 4) is 5.75 Å². The summed E-state index contributed by atoms with van der Waals surface area (Å²) >= 11 is 0. The van der Waals surface area contributed by atoms with Crippen molar-refractivity contribution in [1.82, 2.24) is 5.32 Å². The van der Waals surface area contributed by atoms with Crippen molar-refractivity contribution in [1.29, 1.82) is 0 Å². The van der Waals surface area contributed by atoms with Crippen LogP contribution in [0.3, 0.4) is 0 Å². The monoisotopic (exact) mass is 344 g/mol. The summed E-state index contributed by atoms with van der Waals surface area (Å²) in [7, 11) is 1.72. The Labute approximate surface area is 150 Å². The number of hydrogen-bond acceptors (Lipinski definition) is 3. The van der Waals surface area contributed by atoms with Crippen molar-refractivity contribution in [2.45, 2.75) is 31.7 Å². The van der Waals surface area contributed by atoms with Gasteiger partial charge in [0.2, 0.25) is 0 Å². The second kappa shape index (κ2) is 7.24. The first-order valence-electron chi connectivity index (χ1n) is 9.74. The second-order valence-corrected chi connectivity index (χ2v) is 7.93. The number of fused-ring (bicyclic) bond motifs is 2. The summed E-state index contributed by atoms with van der Waals surface area (Å²) in [6.07, 6.45) is 5.26. The molecule has 5 nitrogen and oxygen atoms in total. The first kappa shape index (κ1) is 16.7. The highest BCUT2D eigenvalue weighted by Gasteiger charge is 2.40. The molecule has 1 heterocycles. The molecule has 3 atom stereocenters. The lowest BCUT2D eigenvalue weighted by molar-refractivity contribution is -0.892. The number of amides is 1. The van der Waals surface area contributed by atoms with Gasteiger partial charge in [0.25, 0.3) is 5.91 Å². The Bertz CT molecular complexity index is 613. The van der Waals surface area contributed by atoms with E-state index < -0.39 is 0 Å². The first-order chi connectivity index (χ1) is 12.2. The summed E-state index contributed by atoms with van der Waals surface area (Å²) in [6.45, 7) is 4.56. The number of hydrogen-bond donors (Lipinski definition) is 2. The molecule has 2 bridgehead atoms. The molecule has 2 saturated carbocycles. The topological polar surface area (TPSA) is 46.0 Å². The highest BCUT2D eigenvalue weighted by atomic mass is 16.5. The number of carbonyl (C=O) groups excluding carboxylic acids is 1. The zero-order valence-corrected chi connectivity index (χ0v) is 15.2. The number of nitrogens with zero attached hydrogens (tertiary/aromatic N) is 1. The SMILES string of the molecule is COc1ccccc1N1CC[NH+](CC(=O)N[C@@H]2C[C@@H]3CC[C@@H]2C3)CC1. The van der Waals surface area contributed by atoms with Gasteiger partial charge in [-0.15, -0.1) is 0 Å². The van der Waals surface area contributed by atoms with E-state index in [1.165, 1.54) is 30.6 Å². The Kier molecular flexibility index (Phi) is 4.84. The Hall–Kier alpha value is -1.75. The van der Waals surface area contributed by atoms with Gasteiger partial charge in [-0.3, -0.25) is 4.79 Å². The van der Waals surface area contributed by atoms with Gasteiger partial charge >= 0.3 is 0 Å². The Morgan fingerprint density at radius 1 is 1.24 bits per heavy atom. The Morgan fingerprint density at radius 2 is 2.04 bits per heavy atom. The van der Waals surface area contributed by atoms with Crippen molar-refractivity contribution >= 4 is 11.6 Å². The lowest BCUT2D eigenvalue weighted by Gasteiger charge is -2.34. The molecule has 2 N–H and O–H groups in total. The van der Waals surface area contributed by atoms with Crippen LogP contribution in [0.5, 0.6) is 5.75 Å². The molecule has 0 spiro atoms. The van der Waals surface area contributed by atoms with Crippen LogP contribution in [0, 0.1) is 11.8 Å². The molecule has 1 saturated heterocycles. The van der Waals surface area contributed by atoms with Gasteiger partial charge in [0.1, 0.15) is 5.75 Å². The number of benzene rings is 1. The third-order valence-corrected chi connectivity index (χ3v) is 6.39. The number of methoxy groups -OCH3 is 1. The molecule has 25 heavy (non-hydrogen) atoms. The third-order valence-electron chi connectivity index (χ3n) is 6.39. The molecule has 4 rings (SSSR count). The van der Waals surface area contributed by atoms with Gasteiger partial charge in [0, 0.05) is 6.04 Å². The lowest BCUT2D eigenvalue weighted by Crippen LogP contribution is -3.16. The van der Waals surface area contributed by atoms with Crippen LogP contribution in [0.15, 0.2) is 24.3 Å². The van der Waals surface area contributed by atoms with Crippen LogP contribution < -0.4 is 19.9 Å². The summed E-state index contributed by atoms with van der Waals surface area (Å²) in [4.78, 5) is 16.2. The quantitative estimate of drug-likeness (QED) is 0.827. The Morgan fingerprint density at radius 3 is 2.72 bits per heavy atom. The molecule has 3 aliphatic rings. The van der Waals surface area contributed by atoms with Crippen LogP contribution in [0.25, 0.3) is 0 Å². The van der Waals surface area contributed by atoms with E-state index in [4.69, 9.17) is 4.74 Å². The second-order valence-electron chi connectivity index (χ2n) is 7.93. The molecule has 2 aliphatic carbocycles. The van der Waals surface area contributed by atoms with E-state index in [0.29, 0.717) is 12.6 Å². The smallest absolute Gasteiger partial charge is 0.275 e. The molecule has 1 aromatic carbocycles. The summed E-state index contributed by atoms with van der Waals surface area (Å²) < 4.78 is 5.48. The minimum Gasteiger partial charge on any atom is -0.495 e. The van der Waals surface area contributed by atoms with E-state index in [9.17, 15) is 4.79 Å². The molecule has 1 aliphatic heterocycles. The number of ether oxygens (including phenoxy) is 1. The van der Waals surface area contributed by atoms with Crippen molar-refractivity contribution < 1.29 is 14.4 Å². The van der Waals surface area contributed by atoms with E-state index in [2.05, 4.69) is 22.3 Å². The van der Waals surface area contributed by atoms with Crippen molar-refractivity contribution in [3.05, 3.63) is 24.3 Å². The molecule has 1 amide bonds. The molecule has 5 heteroatoms. The van der Waals surface area contributed by atoms with E-state index >= 15 is 0 Å². The van der Waals surface area contributed by atoms with E-state index in [1.54, 1.807) is 7.11 Å². The molecule has 1 aromatic rings. The maximum Gasteiger partial charge on any atom is 0.275 e. The van der Waals surface area contributed by atoms with Gasteiger partial charge in [-0.05, 0) is 43.2 Å². The lowest BCUT2D eigenvalue weighted by atomic mass is 9.95. The van der Waals surface area contributed by atoms with Crippen LogP contribution in [-0.2, 0) is 4.79 Å². The predicted octanol–water partition coefficient (Wildman–Crippen LogP) is 0.705. The normalized spacial score (nSPS) is 29.0. The fourth-order valence-electron chi connectivity index (χ4n) is 5.04. The van der Waals surface area contributed by atoms with Crippen LogP contribution in [-0.4, -0.2) is 51.8 Å². The van der Waals surface area contributed by atoms with Crippen LogP contribution in [0.1, 0.15) is 25.7 Å². The largest absolute Gasteiger partial charge is 0.495 e. The average Bonchev–Trinajstić information content (AvgIpc) is 3.25. The molecule has 0 radical (unpaired) electrons. The Balaban J connectivity index is 1.25. The first-order valence-corrected chi connectivity index (χ1v) is 9.74. The van der Waals surface area contributed by atoms with Crippen molar-refractivity contribution in [2.75, 3.05) is 44.7 Å². The molecule has 136 valence electrons. The molecule has 0 aromatic heterocycles. The third kappa shape index (κ3) is 3.61. The molecular weight excluding hydrogens is 314 g/mol. The fraction of sp³-hybridized carbons (Fsp3) is 0.650. The highest BCUT2D eigenvalue weighted by molar-refractivity contribution is 5.77. The van der Waals surface area contributed by atoms with Gasteiger partial charge < -0.3 is 19.9 Å². The molecule has 0 unspecified atom stereocenters. The van der Waals surface area contributed by atoms with Crippen molar-refractivity contribution in [3.63, 3.8) is 0 Å². The number of carbonyl (C=O) groups is 1. The summed E-state index contributed by atoms with van der Waals surface area (Å²) in [5.41, 5.74) is 1.16. The molecular formula is C20H30N3O2+. The van der Waals surface area contributed by atoms with Gasteiger partial charge in [-0.25, -0.2) is 0 Å². The van der Waals surface area contributed by atoms with Crippen LogP contribution >= 0.6 is 0 Å². The molecule has 3 fully saturated rings. The van der Waals surface area contributed by atoms with E-state index in [-0.39, 0.29) is 5.91 Å². The van der Waals surface area contributed by atoms with E-state index in [0.717, 1.165) is 49.5 Å². The predicted molar refractivity (Wildman–Crippen MR) is 98.1 cm³/mol. The summed E-state index contributed by atoms with van der Waals surface area (Å²) in [5, 5.41) is 3.33. The highest BCUT2D eigenvalue weighted by Crippen LogP contribution is 2.44. The number of quaternary nitrogens is 1. The van der Waals surface area contributed by atoms with Gasteiger partial charge in [0.15, 0.2) is 6.54 Å². The van der Waals surface area contributed by atoms with Gasteiger partial charge in [0.05, 0.1) is 39.0 Å². The zero-order chi connectivity index (χ0) is 17.2. The summed E-state index contributed by atoms with van der Waals surface area (Å²) in [5.74, 6) is 2.82. The minimum atomic E-state index is 0.248. The number of rotatable bonds is 5. The fourth-order valence-corrected chi connectivity index (χ4v) is 5.04. The number of nitrogens with one attached hydrogen (secondary N) is 2. The number of para-hydroxylation sites is 2. The standard InChI is InChI=1S/C20H29N3O2/c1-25-19-5-3-2-4-18(19)23-10-8-22(9-11-23)14-20(24)21-17-13-15-6-7-16(17)12-15/h2-5,15-17H,6-14H2,1H3,(H,21,24)/p+1/t15-,16-,17-/m1/s1. The van der Waals surface area contributed by atoms with E-state index in [1.807, 2.05) is 12.1 Å². The van der Waals surface area contributed by atoms with Gasteiger partial charge in [-0.2, -0.15) is 0 Å². The number of anilines is 1.